The van der Waals surface area contributed by atoms with Crippen LogP contribution in [-0.2, 0) is 13.5 Å². The van der Waals surface area contributed by atoms with Crippen molar-refractivity contribution in [2.45, 2.75) is 25.8 Å². The maximum atomic E-state index is 13.1. The Hall–Kier alpha value is -3.18. The maximum Gasteiger partial charge on any atom is 0.252 e. The van der Waals surface area contributed by atoms with E-state index in [4.69, 9.17) is 16.6 Å². The molecule has 0 saturated heterocycles. The second kappa shape index (κ2) is 8.67. The lowest BCUT2D eigenvalue weighted by Crippen LogP contribution is -2.33. The quantitative estimate of drug-likeness (QED) is 0.477. The molecule has 30 heavy (non-hydrogen) atoms. The van der Waals surface area contributed by atoms with E-state index in [1.165, 1.54) is 0 Å². The molecule has 1 amide bonds. The number of halogens is 1. The molecule has 0 unspecified atom stereocenters. The van der Waals surface area contributed by atoms with E-state index in [0.717, 1.165) is 40.0 Å². The highest BCUT2D eigenvalue weighted by molar-refractivity contribution is 6.31. The summed E-state index contributed by atoms with van der Waals surface area (Å²) in [5.41, 5.74) is 3.89. The molecule has 2 aromatic heterocycles. The number of carbonyl (C=O) groups is 1. The van der Waals surface area contributed by atoms with Gasteiger partial charge in [0.2, 0.25) is 0 Å². The van der Waals surface area contributed by atoms with Crippen LogP contribution in [0.1, 0.15) is 29.3 Å². The zero-order chi connectivity index (χ0) is 21.1. The van der Waals surface area contributed by atoms with Crippen LogP contribution in [0.4, 0.5) is 0 Å². The Kier molecular flexibility index (Phi) is 5.81. The molecule has 0 aliphatic rings. The number of benzene rings is 2. The zero-order valence-electron chi connectivity index (χ0n) is 17.0. The van der Waals surface area contributed by atoms with Gasteiger partial charge in [-0.1, -0.05) is 48.0 Å². The average Bonchev–Trinajstić information content (AvgIpc) is 3.18. The Balaban J connectivity index is 1.57. The van der Waals surface area contributed by atoms with Crippen LogP contribution in [0.5, 0.6) is 0 Å². The summed E-state index contributed by atoms with van der Waals surface area (Å²) in [4.78, 5) is 17.8. The van der Waals surface area contributed by atoms with Gasteiger partial charge in [-0.3, -0.25) is 9.48 Å². The molecule has 1 N–H and O–H groups in total. The van der Waals surface area contributed by atoms with Gasteiger partial charge in [0.05, 0.1) is 16.8 Å². The molecule has 0 saturated carbocycles. The van der Waals surface area contributed by atoms with Crippen LogP contribution in [0.15, 0.2) is 66.9 Å². The van der Waals surface area contributed by atoms with Crippen LogP contribution in [0.2, 0.25) is 5.02 Å². The van der Waals surface area contributed by atoms with Gasteiger partial charge in [-0.15, -0.1) is 0 Å². The molecule has 6 heteroatoms. The Morgan fingerprint density at radius 3 is 2.63 bits per heavy atom. The summed E-state index contributed by atoms with van der Waals surface area (Å²) in [6.45, 7) is 2.01. The summed E-state index contributed by atoms with van der Waals surface area (Å²) in [6, 6.07) is 19.2. The number of nitrogens with one attached hydrogen (secondary N) is 1. The second-order valence-electron chi connectivity index (χ2n) is 7.45. The second-order valence-corrected chi connectivity index (χ2v) is 7.86. The minimum Gasteiger partial charge on any atom is -0.350 e. The molecule has 0 radical (unpaired) electrons. The molecule has 2 aromatic carbocycles. The van der Waals surface area contributed by atoms with Crippen molar-refractivity contribution in [3.05, 3.63) is 83.0 Å². The number of carbonyl (C=O) groups excluding carboxylic acids is 1. The smallest absolute Gasteiger partial charge is 0.252 e. The molecule has 0 spiro atoms. The maximum absolute atomic E-state index is 13.1. The van der Waals surface area contributed by atoms with Crippen LogP contribution in [0.25, 0.3) is 22.3 Å². The van der Waals surface area contributed by atoms with Gasteiger partial charge < -0.3 is 5.32 Å². The minimum atomic E-state index is -0.113. The minimum absolute atomic E-state index is 0.000925. The number of rotatable bonds is 6. The highest BCUT2D eigenvalue weighted by atomic mass is 35.5. The Morgan fingerprint density at radius 2 is 1.87 bits per heavy atom. The van der Waals surface area contributed by atoms with Crippen LogP contribution in [-0.4, -0.2) is 26.7 Å². The molecule has 0 fully saturated rings. The van der Waals surface area contributed by atoms with Crippen LogP contribution in [0.3, 0.4) is 0 Å². The summed E-state index contributed by atoms with van der Waals surface area (Å²) < 4.78 is 1.72. The molecule has 1 atom stereocenters. The molecular weight excluding hydrogens is 396 g/mol. The van der Waals surface area contributed by atoms with Crippen molar-refractivity contribution in [3.63, 3.8) is 0 Å². The lowest BCUT2D eigenvalue weighted by molar-refractivity contribution is 0.0940. The number of para-hydroxylation sites is 1. The van der Waals surface area contributed by atoms with E-state index in [2.05, 4.69) is 10.4 Å². The predicted molar refractivity (Wildman–Crippen MR) is 121 cm³/mol. The first-order valence-electron chi connectivity index (χ1n) is 9.95. The number of hydrogen-bond acceptors (Lipinski definition) is 3. The third kappa shape index (κ3) is 4.36. The fraction of sp³-hybridized carbons (Fsp3) is 0.208. The fourth-order valence-corrected chi connectivity index (χ4v) is 3.72. The largest absolute Gasteiger partial charge is 0.350 e. The summed E-state index contributed by atoms with van der Waals surface area (Å²) in [6.07, 6.45) is 3.46. The third-order valence-corrected chi connectivity index (χ3v) is 5.49. The van der Waals surface area contributed by atoms with Crippen molar-refractivity contribution in [1.82, 2.24) is 20.1 Å². The van der Waals surface area contributed by atoms with E-state index in [9.17, 15) is 4.79 Å². The van der Waals surface area contributed by atoms with Gasteiger partial charge >= 0.3 is 0 Å². The molecule has 0 bridgehead atoms. The first kappa shape index (κ1) is 20.1. The van der Waals surface area contributed by atoms with Gasteiger partial charge in [-0.2, -0.15) is 5.10 Å². The highest BCUT2D eigenvalue weighted by Crippen LogP contribution is 2.24. The Morgan fingerprint density at radius 1 is 1.10 bits per heavy atom. The number of amides is 1. The first-order valence-corrected chi connectivity index (χ1v) is 10.3. The van der Waals surface area contributed by atoms with Crippen molar-refractivity contribution in [1.29, 1.82) is 0 Å². The normalized spacial score (nSPS) is 12.1. The molecule has 152 valence electrons. The molecule has 4 aromatic rings. The number of hydrogen-bond donors (Lipinski definition) is 1. The topological polar surface area (TPSA) is 59.8 Å². The first-order chi connectivity index (χ1) is 14.5. The summed E-state index contributed by atoms with van der Waals surface area (Å²) in [7, 11) is 1.86. The molecule has 0 aliphatic heterocycles. The standard InChI is InChI=1S/C24H23ClN4O/c1-16(11-12-17-7-3-5-9-20(17)25)26-24(30)19-15-23(22-13-14-29(2)28-22)27-21-10-6-4-8-18(19)21/h3-10,13-16H,11-12H2,1-2H3,(H,26,30)/t16-/m0/s1. The number of aryl methyl sites for hydroxylation is 2. The van der Waals surface area contributed by atoms with Crippen LogP contribution < -0.4 is 5.32 Å². The SMILES string of the molecule is C[C@@H](CCc1ccccc1Cl)NC(=O)c1cc(-c2ccn(C)n2)nc2ccccc12. The number of fused-ring (bicyclic) bond motifs is 1. The Labute approximate surface area is 180 Å². The van der Waals surface area contributed by atoms with E-state index in [1.54, 1.807) is 4.68 Å². The van der Waals surface area contributed by atoms with Gasteiger partial charge in [-0.05, 0) is 49.6 Å². The predicted octanol–water partition coefficient (Wildman–Crippen LogP) is 5.04. The summed E-state index contributed by atoms with van der Waals surface area (Å²) in [5.74, 6) is -0.113. The molecule has 5 nitrogen and oxygen atoms in total. The van der Waals surface area contributed by atoms with Crippen molar-refractivity contribution < 1.29 is 4.79 Å². The molecular formula is C24H23ClN4O. The molecule has 0 aliphatic carbocycles. The van der Waals surface area contributed by atoms with Crippen LogP contribution in [0, 0.1) is 0 Å². The van der Waals surface area contributed by atoms with Crippen molar-refractivity contribution in [2.75, 3.05) is 0 Å². The highest BCUT2D eigenvalue weighted by Gasteiger charge is 2.17. The fourth-order valence-electron chi connectivity index (χ4n) is 3.49. The lowest BCUT2D eigenvalue weighted by Gasteiger charge is -2.16. The Bertz CT molecular complexity index is 1200. The van der Waals surface area contributed by atoms with Crippen molar-refractivity contribution in [3.8, 4) is 11.4 Å². The average molecular weight is 419 g/mol. The lowest BCUT2D eigenvalue weighted by atomic mass is 10.0. The van der Waals surface area contributed by atoms with Gasteiger partial charge in [0, 0.05) is 29.7 Å². The van der Waals surface area contributed by atoms with Gasteiger partial charge in [0.1, 0.15) is 5.69 Å². The summed E-state index contributed by atoms with van der Waals surface area (Å²) in [5, 5.41) is 9.14. The van der Waals surface area contributed by atoms with E-state index >= 15 is 0 Å². The van der Waals surface area contributed by atoms with Gasteiger partial charge in [-0.25, -0.2) is 4.98 Å². The third-order valence-electron chi connectivity index (χ3n) is 5.12. The zero-order valence-corrected chi connectivity index (χ0v) is 17.7. The van der Waals surface area contributed by atoms with E-state index in [-0.39, 0.29) is 11.9 Å². The van der Waals surface area contributed by atoms with Gasteiger partial charge in [0.15, 0.2) is 0 Å². The van der Waals surface area contributed by atoms with Gasteiger partial charge in [0.25, 0.3) is 5.91 Å². The number of nitrogens with zero attached hydrogens (tertiary/aromatic N) is 3. The van der Waals surface area contributed by atoms with Crippen molar-refractivity contribution >= 4 is 28.4 Å². The number of pyridine rings is 1. The van der Waals surface area contributed by atoms with E-state index in [0.29, 0.717) is 11.3 Å². The van der Waals surface area contributed by atoms with E-state index < -0.39 is 0 Å². The van der Waals surface area contributed by atoms with Crippen LogP contribution >= 0.6 is 11.6 Å². The summed E-state index contributed by atoms with van der Waals surface area (Å²) >= 11 is 6.25. The van der Waals surface area contributed by atoms with Crippen molar-refractivity contribution in [2.24, 2.45) is 7.05 Å². The molecule has 4 rings (SSSR count). The number of aromatic nitrogens is 3. The van der Waals surface area contributed by atoms with E-state index in [1.807, 2.05) is 80.8 Å². The molecule has 2 heterocycles. The monoisotopic (exact) mass is 418 g/mol.